The number of hydrogen-bond donors (Lipinski definition) is 1. The Hall–Kier alpha value is -0.610. The van der Waals surface area contributed by atoms with Gasteiger partial charge in [-0.05, 0) is 6.42 Å². The molecule has 0 amide bonds. The number of rotatable bonds is 4. The molecule has 0 aromatic heterocycles. The van der Waals surface area contributed by atoms with Crippen molar-refractivity contribution in [3.63, 3.8) is 0 Å². The van der Waals surface area contributed by atoms with Crippen molar-refractivity contribution < 1.29 is 19.4 Å². The summed E-state index contributed by atoms with van der Waals surface area (Å²) in [6.45, 7) is 0.987. The molecule has 1 saturated heterocycles. The molecule has 0 aromatic rings. The first-order chi connectivity index (χ1) is 5.34. The Kier molecular flexibility index (Phi) is 3.32. The average Bonchev–Trinajstić information content (AvgIpc) is 2.37. The largest absolute Gasteiger partial charge is 0.464 e. The van der Waals surface area contributed by atoms with Gasteiger partial charge >= 0.3 is 5.97 Å². The van der Waals surface area contributed by atoms with Crippen LogP contribution in [0.2, 0.25) is 0 Å². The second-order valence-electron chi connectivity index (χ2n) is 2.39. The minimum Gasteiger partial charge on any atom is -0.464 e. The van der Waals surface area contributed by atoms with Crippen LogP contribution in [0.15, 0.2) is 0 Å². The fraction of sp³-hybridized carbons (Fsp3) is 0.857. The van der Waals surface area contributed by atoms with Crippen molar-refractivity contribution in [3.8, 4) is 0 Å². The average molecular weight is 160 g/mol. The fourth-order valence-corrected chi connectivity index (χ4v) is 0.919. The summed E-state index contributed by atoms with van der Waals surface area (Å²) < 4.78 is 9.79. The Balaban J connectivity index is 2.10. The third-order valence-electron chi connectivity index (χ3n) is 1.51. The van der Waals surface area contributed by atoms with E-state index in [1.54, 1.807) is 0 Å². The zero-order valence-electron chi connectivity index (χ0n) is 6.28. The topological polar surface area (TPSA) is 55.8 Å². The van der Waals surface area contributed by atoms with Crippen LogP contribution in [0.25, 0.3) is 0 Å². The second kappa shape index (κ2) is 4.31. The van der Waals surface area contributed by atoms with Crippen molar-refractivity contribution in [2.75, 3.05) is 19.8 Å². The summed E-state index contributed by atoms with van der Waals surface area (Å²) in [7, 11) is 0. The highest BCUT2D eigenvalue weighted by molar-refractivity contribution is 5.76. The van der Waals surface area contributed by atoms with Gasteiger partial charge in [-0.2, -0.15) is 0 Å². The summed E-state index contributed by atoms with van der Waals surface area (Å²) in [4.78, 5) is 10.8. The molecule has 1 fully saturated rings. The van der Waals surface area contributed by atoms with E-state index in [4.69, 9.17) is 9.84 Å². The number of ether oxygens (including phenoxy) is 2. The number of carbonyl (C=O) groups is 1. The molecule has 0 bridgehead atoms. The Morgan fingerprint density at radius 1 is 1.73 bits per heavy atom. The van der Waals surface area contributed by atoms with E-state index < -0.39 is 0 Å². The van der Waals surface area contributed by atoms with Crippen LogP contribution in [-0.2, 0) is 14.3 Å². The van der Waals surface area contributed by atoms with Gasteiger partial charge in [0.05, 0.1) is 6.61 Å². The van der Waals surface area contributed by atoms with Crippen molar-refractivity contribution in [2.45, 2.75) is 18.9 Å². The van der Waals surface area contributed by atoms with Crippen LogP contribution in [0.1, 0.15) is 12.8 Å². The van der Waals surface area contributed by atoms with Gasteiger partial charge in [0.1, 0.15) is 0 Å². The van der Waals surface area contributed by atoms with Crippen LogP contribution < -0.4 is 0 Å². The number of cyclic esters (lactones) is 1. The van der Waals surface area contributed by atoms with Crippen molar-refractivity contribution in [1.82, 2.24) is 0 Å². The summed E-state index contributed by atoms with van der Waals surface area (Å²) in [6, 6.07) is 0. The maximum absolute atomic E-state index is 10.8. The van der Waals surface area contributed by atoms with Crippen molar-refractivity contribution in [1.29, 1.82) is 0 Å². The lowest BCUT2D eigenvalue weighted by molar-refractivity contribution is -0.147. The zero-order valence-corrected chi connectivity index (χ0v) is 6.28. The van der Waals surface area contributed by atoms with E-state index >= 15 is 0 Å². The van der Waals surface area contributed by atoms with Crippen molar-refractivity contribution >= 4 is 5.97 Å². The minimum absolute atomic E-state index is 0.0990. The summed E-state index contributed by atoms with van der Waals surface area (Å²) in [5.74, 6) is -0.275. The molecule has 64 valence electrons. The first kappa shape index (κ1) is 8.49. The number of carbonyl (C=O) groups excluding carboxylic acids is 1. The molecule has 0 saturated carbocycles. The van der Waals surface area contributed by atoms with E-state index in [-0.39, 0.29) is 18.7 Å². The van der Waals surface area contributed by atoms with Crippen LogP contribution in [0.4, 0.5) is 0 Å². The first-order valence-electron chi connectivity index (χ1n) is 3.73. The van der Waals surface area contributed by atoms with Gasteiger partial charge in [-0.25, -0.2) is 4.79 Å². The number of aliphatic hydroxyl groups is 1. The van der Waals surface area contributed by atoms with Crippen molar-refractivity contribution in [3.05, 3.63) is 0 Å². The van der Waals surface area contributed by atoms with Gasteiger partial charge in [0.15, 0.2) is 6.10 Å². The molecule has 4 nitrogen and oxygen atoms in total. The molecular formula is C7H12O4. The monoisotopic (exact) mass is 160 g/mol. The van der Waals surface area contributed by atoms with Crippen LogP contribution >= 0.6 is 0 Å². The Bertz CT molecular complexity index is 134. The lowest BCUT2D eigenvalue weighted by atomic mass is 10.3. The normalized spacial score (nSPS) is 23.7. The van der Waals surface area contributed by atoms with Gasteiger partial charge in [-0.15, -0.1) is 0 Å². The van der Waals surface area contributed by atoms with E-state index in [1.807, 2.05) is 0 Å². The molecule has 1 aliphatic heterocycles. The van der Waals surface area contributed by atoms with Crippen LogP contribution in [-0.4, -0.2) is 37.0 Å². The Morgan fingerprint density at radius 3 is 3.09 bits per heavy atom. The van der Waals surface area contributed by atoms with Crippen LogP contribution in [0, 0.1) is 0 Å². The number of esters is 1. The quantitative estimate of drug-likeness (QED) is 0.453. The summed E-state index contributed by atoms with van der Waals surface area (Å²) in [5, 5.41) is 8.41. The molecule has 0 aromatic carbocycles. The molecular weight excluding hydrogens is 148 g/mol. The molecule has 1 N–H and O–H groups in total. The number of hydrogen-bond acceptors (Lipinski definition) is 4. The molecule has 11 heavy (non-hydrogen) atoms. The van der Waals surface area contributed by atoms with Gasteiger partial charge in [0.25, 0.3) is 0 Å². The lowest BCUT2D eigenvalue weighted by Gasteiger charge is -2.05. The van der Waals surface area contributed by atoms with Gasteiger partial charge in [0.2, 0.25) is 0 Å². The van der Waals surface area contributed by atoms with Gasteiger partial charge in [0, 0.05) is 19.6 Å². The van der Waals surface area contributed by atoms with Crippen molar-refractivity contribution in [2.24, 2.45) is 0 Å². The highest BCUT2D eigenvalue weighted by atomic mass is 16.6. The van der Waals surface area contributed by atoms with E-state index in [0.29, 0.717) is 26.1 Å². The van der Waals surface area contributed by atoms with E-state index in [0.717, 1.165) is 0 Å². The standard InChI is InChI=1S/C7H12O4/c8-3-1-4-10-6-2-5-11-7(6)9/h6,8H,1-5H2. The third kappa shape index (κ3) is 2.48. The second-order valence-corrected chi connectivity index (χ2v) is 2.39. The molecule has 0 spiro atoms. The molecule has 4 heteroatoms. The highest BCUT2D eigenvalue weighted by Crippen LogP contribution is 2.09. The molecule has 0 aliphatic carbocycles. The summed E-state index contributed by atoms with van der Waals surface area (Å²) in [5.41, 5.74) is 0. The maximum Gasteiger partial charge on any atom is 0.335 e. The Morgan fingerprint density at radius 2 is 2.55 bits per heavy atom. The zero-order chi connectivity index (χ0) is 8.10. The summed E-state index contributed by atoms with van der Waals surface area (Å²) in [6.07, 6.45) is 0.829. The maximum atomic E-state index is 10.8. The molecule has 0 radical (unpaired) electrons. The number of aliphatic hydroxyl groups excluding tert-OH is 1. The molecule has 1 rings (SSSR count). The minimum atomic E-state index is -0.387. The molecule has 1 unspecified atom stereocenters. The van der Waals surface area contributed by atoms with Crippen LogP contribution in [0.3, 0.4) is 0 Å². The predicted molar refractivity (Wildman–Crippen MR) is 37.0 cm³/mol. The Labute approximate surface area is 65.1 Å². The molecule has 1 atom stereocenters. The van der Waals surface area contributed by atoms with E-state index in [1.165, 1.54) is 0 Å². The lowest BCUT2D eigenvalue weighted by Crippen LogP contribution is -2.19. The first-order valence-corrected chi connectivity index (χ1v) is 3.73. The third-order valence-corrected chi connectivity index (χ3v) is 1.51. The molecule has 1 aliphatic rings. The van der Waals surface area contributed by atoms with Gasteiger partial charge < -0.3 is 14.6 Å². The van der Waals surface area contributed by atoms with Gasteiger partial charge in [-0.1, -0.05) is 0 Å². The summed E-state index contributed by atoms with van der Waals surface area (Å²) >= 11 is 0. The predicted octanol–water partition coefficient (Wildman–Crippen LogP) is -0.299. The SMILES string of the molecule is O=C1OCCC1OCCCO. The smallest absolute Gasteiger partial charge is 0.335 e. The van der Waals surface area contributed by atoms with Gasteiger partial charge in [-0.3, -0.25) is 0 Å². The van der Waals surface area contributed by atoms with Crippen LogP contribution in [0.5, 0.6) is 0 Å². The molecule has 1 heterocycles. The van der Waals surface area contributed by atoms with E-state index in [9.17, 15) is 4.79 Å². The highest BCUT2D eigenvalue weighted by Gasteiger charge is 2.26. The van der Waals surface area contributed by atoms with E-state index in [2.05, 4.69) is 4.74 Å². The fourth-order valence-electron chi connectivity index (χ4n) is 0.919.